The van der Waals surface area contributed by atoms with Crippen LogP contribution in [0.25, 0.3) is 22.3 Å². The van der Waals surface area contributed by atoms with Crippen LogP contribution in [0.1, 0.15) is 131 Å². The Bertz CT molecular complexity index is 2910. The number of anilines is 6. The van der Waals surface area contributed by atoms with E-state index in [4.69, 9.17) is 0 Å². The highest BCUT2D eigenvalue weighted by atomic mass is 15.2. The minimum atomic E-state index is -0.0748. The fourth-order valence-corrected chi connectivity index (χ4v) is 11.1. The predicted octanol–water partition coefficient (Wildman–Crippen LogP) is 15.3. The summed E-state index contributed by atoms with van der Waals surface area (Å²) in [6.07, 6.45) is 2.32. The summed E-state index contributed by atoms with van der Waals surface area (Å²) in [7, 11) is 0. The van der Waals surface area contributed by atoms with Crippen molar-refractivity contribution in [3.05, 3.63) is 173 Å². The van der Waals surface area contributed by atoms with Crippen molar-refractivity contribution in [3.63, 3.8) is 0 Å². The van der Waals surface area contributed by atoms with Gasteiger partial charge < -0.3 is 9.80 Å². The van der Waals surface area contributed by atoms with Gasteiger partial charge in [-0.2, -0.15) is 0 Å². The highest BCUT2D eigenvalue weighted by Crippen LogP contribution is 2.54. The molecule has 3 heteroatoms. The van der Waals surface area contributed by atoms with Gasteiger partial charge in [0.2, 0.25) is 0 Å². The molecule has 2 nitrogen and oxygen atoms in total. The zero-order valence-corrected chi connectivity index (χ0v) is 41.2. The van der Waals surface area contributed by atoms with E-state index in [-0.39, 0.29) is 33.8 Å². The van der Waals surface area contributed by atoms with E-state index in [2.05, 4.69) is 245 Å². The number of rotatable bonds is 4. The largest absolute Gasteiger partial charge is 0.311 e. The average Bonchev–Trinajstić information content (AvgIpc) is 3.27. The maximum absolute atomic E-state index is 2.71. The molecule has 0 unspecified atom stereocenters. The van der Waals surface area contributed by atoms with Gasteiger partial charge >= 0.3 is 0 Å². The molecule has 2 aliphatic heterocycles. The molecule has 7 aromatic carbocycles. The van der Waals surface area contributed by atoms with Gasteiger partial charge in [-0.15, -0.1) is 0 Å². The zero-order chi connectivity index (χ0) is 46.0. The molecule has 0 radical (unpaired) electrons. The normalized spacial score (nSPS) is 16.1. The second-order valence-electron chi connectivity index (χ2n) is 23.8. The van der Waals surface area contributed by atoms with E-state index < -0.39 is 0 Å². The Morgan fingerprint density at radius 3 is 1.42 bits per heavy atom. The van der Waals surface area contributed by atoms with Gasteiger partial charge in [0.1, 0.15) is 0 Å². The maximum Gasteiger partial charge on any atom is 0.252 e. The molecule has 2 heterocycles. The number of hydrogen-bond donors (Lipinski definition) is 0. The number of nitrogens with zero attached hydrogens (tertiary/aromatic N) is 2. The molecule has 0 saturated carbocycles. The third-order valence-corrected chi connectivity index (χ3v) is 15.2. The maximum atomic E-state index is 2.71. The second-order valence-corrected chi connectivity index (χ2v) is 23.8. The van der Waals surface area contributed by atoms with Crippen molar-refractivity contribution in [1.82, 2.24) is 0 Å². The zero-order valence-electron chi connectivity index (χ0n) is 41.2. The Kier molecular flexibility index (Phi) is 9.86. The molecule has 328 valence electrons. The van der Waals surface area contributed by atoms with Crippen LogP contribution in [-0.4, -0.2) is 6.71 Å². The van der Waals surface area contributed by atoms with Crippen molar-refractivity contribution >= 4 is 57.2 Å². The molecule has 0 bridgehead atoms. The SMILES string of the molecule is CC(C)(C)c1ccc(N2c3ccc(C(C)(C)C)cc3B3c4cc5c(cc4N(c4c(-c6ccccc6)cc(C(C)(C)C)cc4-c4ccccc4)c4cccc2c43)C(C)(C)CCC5(C)C)cc1. The molecule has 10 rings (SSSR count). The minimum absolute atomic E-state index is 0.0220. The third-order valence-electron chi connectivity index (χ3n) is 15.2. The molecule has 65 heavy (non-hydrogen) atoms. The molecule has 0 aromatic heterocycles. The van der Waals surface area contributed by atoms with Crippen LogP contribution in [0.15, 0.2) is 146 Å². The molecular weight excluding hydrogens is 784 g/mol. The van der Waals surface area contributed by atoms with E-state index >= 15 is 0 Å². The van der Waals surface area contributed by atoms with Crippen molar-refractivity contribution in [2.24, 2.45) is 0 Å². The van der Waals surface area contributed by atoms with Gasteiger partial charge in [0.15, 0.2) is 0 Å². The van der Waals surface area contributed by atoms with Gasteiger partial charge in [0.25, 0.3) is 6.71 Å². The van der Waals surface area contributed by atoms with Crippen molar-refractivity contribution in [2.45, 2.75) is 130 Å². The van der Waals surface area contributed by atoms with Crippen LogP contribution >= 0.6 is 0 Å². The fraction of sp³-hybridized carbons (Fsp3) is 0.323. The Morgan fingerprint density at radius 1 is 0.415 bits per heavy atom. The minimum Gasteiger partial charge on any atom is -0.311 e. The summed E-state index contributed by atoms with van der Waals surface area (Å²) in [4.78, 5) is 5.27. The van der Waals surface area contributed by atoms with Gasteiger partial charge in [-0.3, -0.25) is 0 Å². The highest BCUT2D eigenvalue weighted by Gasteiger charge is 2.47. The standard InChI is InChI=1S/C62H67BN2/c1-58(2,3)42-27-30-45(31-28-42)64-52-32-29-43(59(4,5)6)37-50(52)63-51-38-48-49(62(12,13)34-33-61(48,10)11)39-55(51)65(54-26-20-25-53(64)56(54)63)57-46(40-21-16-14-17-22-40)35-44(60(7,8)9)36-47(57)41-23-18-15-19-24-41/h14-32,35-39H,33-34H2,1-13H3. The average molecular weight is 851 g/mol. The fourth-order valence-electron chi connectivity index (χ4n) is 11.1. The second kappa shape index (κ2) is 14.9. The van der Waals surface area contributed by atoms with Gasteiger partial charge in [0, 0.05) is 39.6 Å². The first-order valence-electron chi connectivity index (χ1n) is 24.1. The summed E-state index contributed by atoms with van der Waals surface area (Å²) in [5, 5.41) is 0. The van der Waals surface area contributed by atoms with Crippen LogP contribution in [0.2, 0.25) is 0 Å². The molecule has 0 atom stereocenters. The number of benzene rings is 7. The Labute approximate surface area is 390 Å². The summed E-state index contributed by atoms with van der Waals surface area (Å²) in [6, 6.07) is 56.5. The van der Waals surface area contributed by atoms with Crippen molar-refractivity contribution in [1.29, 1.82) is 0 Å². The molecule has 7 aromatic rings. The molecular formula is C62H67BN2. The highest BCUT2D eigenvalue weighted by molar-refractivity contribution is 7.00. The van der Waals surface area contributed by atoms with Crippen LogP contribution in [0, 0.1) is 0 Å². The van der Waals surface area contributed by atoms with Gasteiger partial charge in [-0.25, -0.2) is 0 Å². The van der Waals surface area contributed by atoms with Crippen molar-refractivity contribution in [3.8, 4) is 22.3 Å². The monoisotopic (exact) mass is 851 g/mol. The van der Waals surface area contributed by atoms with E-state index in [9.17, 15) is 0 Å². The predicted molar refractivity (Wildman–Crippen MR) is 283 cm³/mol. The lowest BCUT2D eigenvalue weighted by atomic mass is 9.33. The Morgan fingerprint density at radius 2 is 0.892 bits per heavy atom. The van der Waals surface area contributed by atoms with Crippen LogP contribution in [0.3, 0.4) is 0 Å². The summed E-state index contributed by atoms with van der Waals surface area (Å²) in [5.41, 5.74) is 23.5. The van der Waals surface area contributed by atoms with E-state index in [1.807, 2.05) is 0 Å². The molecule has 0 saturated heterocycles. The number of fused-ring (bicyclic) bond motifs is 5. The van der Waals surface area contributed by atoms with Gasteiger partial charge in [-0.05, 0) is 144 Å². The van der Waals surface area contributed by atoms with Gasteiger partial charge in [-0.1, -0.05) is 187 Å². The van der Waals surface area contributed by atoms with E-state index in [1.165, 1.54) is 101 Å². The van der Waals surface area contributed by atoms with E-state index in [0.29, 0.717) is 0 Å². The van der Waals surface area contributed by atoms with Crippen LogP contribution in [0.5, 0.6) is 0 Å². The molecule has 3 aliphatic rings. The summed E-state index contributed by atoms with van der Waals surface area (Å²) in [5.74, 6) is 0. The third kappa shape index (κ3) is 7.16. The summed E-state index contributed by atoms with van der Waals surface area (Å²) >= 11 is 0. The first kappa shape index (κ1) is 43.1. The van der Waals surface area contributed by atoms with Gasteiger partial charge in [0.05, 0.1) is 5.69 Å². The van der Waals surface area contributed by atoms with Crippen molar-refractivity contribution < 1.29 is 0 Å². The molecule has 0 N–H and O–H groups in total. The Hall–Kier alpha value is -5.80. The lowest BCUT2D eigenvalue weighted by molar-refractivity contribution is 0.332. The van der Waals surface area contributed by atoms with Crippen molar-refractivity contribution in [2.75, 3.05) is 9.80 Å². The first-order chi connectivity index (χ1) is 30.6. The summed E-state index contributed by atoms with van der Waals surface area (Å²) < 4.78 is 0. The first-order valence-corrected chi connectivity index (χ1v) is 24.1. The molecule has 0 fully saturated rings. The lowest BCUT2D eigenvalue weighted by Crippen LogP contribution is -2.62. The van der Waals surface area contributed by atoms with Crippen LogP contribution in [0.4, 0.5) is 34.1 Å². The Balaban J connectivity index is 1.38. The van der Waals surface area contributed by atoms with Crippen LogP contribution in [-0.2, 0) is 27.1 Å². The summed E-state index contributed by atoms with van der Waals surface area (Å²) in [6.45, 7) is 31.0. The molecule has 0 spiro atoms. The van der Waals surface area contributed by atoms with Crippen LogP contribution < -0.4 is 26.2 Å². The smallest absolute Gasteiger partial charge is 0.252 e. The molecule has 0 amide bonds. The van der Waals surface area contributed by atoms with E-state index in [0.717, 1.165) is 12.8 Å². The quantitative estimate of drug-likeness (QED) is 0.163. The van der Waals surface area contributed by atoms with E-state index in [1.54, 1.807) is 0 Å². The lowest BCUT2D eigenvalue weighted by Gasteiger charge is -2.48. The number of hydrogen-bond acceptors (Lipinski definition) is 2. The molecule has 1 aliphatic carbocycles. The topological polar surface area (TPSA) is 6.48 Å².